The van der Waals surface area contributed by atoms with Crippen molar-refractivity contribution in [2.75, 3.05) is 0 Å². The quantitative estimate of drug-likeness (QED) is 0.785. The van der Waals surface area contributed by atoms with Gasteiger partial charge in [-0.25, -0.2) is 0 Å². The molecule has 0 aliphatic rings. The molecule has 9 heteroatoms. The van der Waals surface area contributed by atoms with E-state index in [0.29, 0.717) is 12.1 Å². The van der Waals surface area contributed by atoms with Crippen molar-refractivity contribution in [1.82, 2.24) is 4.98 Å². The number of H-pyrrole nitrogens is 1. The third-order valence-electron chi connectivity index (χ3n) is 3.22. The third-order valence-corrected chi connectivity index (χ3v) is 3.22. The Morgan fingerprint density at radius 1 is 1.00 bits per heavy atom. The van der Waals surface area contributed by atoms with Crippen LogP contribution in [0, 0.1) is 18.3 Å². The maximum absolute atomic E-state index is 13.2. The second kappa shape index (κ2) is 5.70. The fourth-order valence-corrected chi connectivity index (χ4v) is 2.20. The van der Waals surface area contributed by atoms with Crippen molar-refractivity contribution in [3.63, 3.8) is 0 Å². The maximum Gasteiger partial charge on any atom is 0.417 e. The lowest BCUT2D eigenvalue weighted by Gasteiger charge is -2.17. The number of halogens is 6. The lowest BCUT2D eigenvalue weighted by Crippen LogP contribution is -2.16. The van der Waals surface area contributed by atoms with E-state index in [2.05, 4.69) is 4.98 Å². The van der Waals surface area contributed by atoms with E-state index in [-0.39, 0.29) is 17.3 Å². The molecule has 2 rings (SSSR count). The highest BCUT2D eigenvalue weighted by Gasteiger charge is 2.38. The predicted molar refractivity (Wildman–Crippen MR) is 72.0 cm³/mol. The van der Waals surface area contributed by atoms with Gasteiger partial charge in [-0.15, -0.1) is 0 Å². The molecule has 0 bridgehead atoms. The van der Waals surface area contributed by atoms with Crippen molar-refractivity contribution >= 4 is 0 Å². The van der Waals surface area contributed by atoms with Crippen molar-refractivity contribution in [2.45, 2.75) is 19.3 Å². The van der Waals surface area contributed by atoms with Gasteiger partial charge in [0.1, 0.15) is 11.6 Å². The molecule has 24 heavy (non-hydrogen) atoms. The number of nitrogens with one attached hydrogen (secondary N) is 1. The zero-order valence-electron chi connectivity index (χ0n) is 11.9. The molecule has 0 fully saturated rings. The van der Waals surface area contributed by atoms with Crippen LogP contribution in [-0.2, 0) is 12.4 Å². The molecule has 0 radical (unpaired) electrons. The van der Waals surface area contributed by atoms with Crippen molar-refractivity contribution < 1.29 is 26.3 Å². The molecule has 0 amide bonds. The van der Waals surface area contributed by atoms with Crippen molar-refractivity contribution in [1.29, 1.82) is 5.26 Å². The van der Waals surface area contributed by atoms with E-state index < -0.39 is 40.2 Å². The average Bonchev–Trinajstić information content (AvgIpc) is 2.44. The fourth-order valence-electron chi connectivity index (χ4n) is 2.20. The van der Waals surface area contributed by atoms with Crippen LogP contribution in [0.5, 0.6) is 0 Å². The van der Waals surface area contributed by atoms with Crippen LogP contribution in [0.1, 0.15) is 22.4 Å². The Labute approximate surface area is 131 Å². The van der Waals surface area contributed by atoms with Crippen LogP contribution in [-0.4, -0.2) is 4.98 Å². The Balaban J connectivity index is 2.87. The smallest absolute Gasteiger partial charge is 0.325 e. The van der Waals surface area contributed by atoms with E-state index in [4.69, 9.17) is 5.26 Å². The first-order valence-electron chi connectivity index (χ1n) is 6.38. The molecule has 2 aromatic rings. The van der Waals surface area contributed by atoms with Crippen molar-refractivity contribution in [2.24, 2.45) is 0 Å². The molecule has 0 aliphatic heterocycles. The van der Waals surface area contributed by atoms with Crippen LogP contribution in [0.4, 0.5) is 26.3 Å². The summed E-state index contributed by atoms with van der Waals surface area (Å²) in [6.45, 7) is 1.38. The normalized spacial score (nSPS) is 12.1. The van der Waals surface area contributed by atoms with E-state index in [9.17, 15) is 31.1 Å². The number of aromatic nitrogens is 1. The molecule has 1 heterocycles. The van der Waals surface area contributed by atoms with Crippen molar-refractivity contribution in [3.05, 3.63) is 57.0 Å². The highest BCUT2D eigenvalue weighted by molar-refractivity contribution is 5.74. The van der Waals surface area contributed by atoms with E-state index in [1.807, 2.05) is 0 Å². The Hall–Kier alpha value is -2.76. The number of pyridine rings is 1. The minimum absolute atomic E-state index is 0.0347. The molecule has 0 saturated heterocycles. The van der Waals surface area contributed by atoms with Gasteiger partial charge in [0, 0.05) is 11.3 Å². The van der Waals surface area contributed by atoms with Crippen LogP contribution < -0.4 is 5.56 Å². The third kappa shape index (κ3) is 3.27. The van der Waals surface area contributed by atoms with Gasteiger partial charge in [0.15, 0.2) is 0 Å². The van der Waals surface area contributed by atoms with Gasteiger partial charge < -0.3 is 4.98 Å². The van der Waals surface area contributed by atoms with E-state index in [0.717, 1.165) is 6.07 Å². The first-order valence-corrected chi connectivity index (χ1v) is 6.38. The average molecular weight is 346 g/mol. The molecule has 126 valence electrons. The number of benzene rings is 1. The van der Waals surface area contributed by atoms with Gasteiger partial charge in [0.05, 0.1) is 11.1 Å². The standard InChI is InChI=1S/C15H8F6N2O/c1-7-4-10(11(6-22)13(24)23-7)9-3-2-8(14(16,17)18)5-12(9)15(19,20)21/h2-5H,1H3,(H,23,24). The maximum atomic E-state index is 13.2. The van der Waals surface area contributed by atoms with Gasteiger partial charge in [-0.2, -0.15) is 31.6 Å². The minimum Gasteiger partial charge on any atom is -0.325 e. The molecule has 1 N–H and O–H groups in total. The Kier molecular flexibility index (Phi) is 4.18. The highest BCUT2D eigenvalue weighted by atomic mass is 19.4. The first-order chi connectivity index (χ1) is 10.9. The highest BCUT2D eigenvalue weighted by Crippen LogP contribution is 2.41. The number of hydrogen-bond acceptors (Lipinski definition) is 2. The Morgan fingerprint density at radius 3 is 2.12 bits per heavy atom. The van der Waals surface area contributed by atoms with Gasteiger partial charge in [-0.05, 0) is 30.7 Å². The lowest BCUT2D eigenvalue weighted by molar-refractivity contribution is -0.142. The number of hydrogen-bond donors (Lipinski definition) is 1. The Morgan fingerprint density at radius 2 is 1.62 bits per heavy atom. The Bertz CT molecular complexity index is 887. The molecule has 0 unspecified atom stereocenters. The van der Waals surface area contributed by atoms with Crippen LogP contribution in [0.3, 0.4) is 0 Å². The summed E-state index contributed by atoms with van der Waals surface area (Å²) >= 11 is 0. The predicted octanol–water partition coefficient (Wildman–Crippen LogP) is 4.26. The number of aryl methyl sites for hydroxylation is 1. The number of alkyl halides is 6. The van der Waals surface area contributed by atoms with E-state index in [1.165, 1.54) is 13.0 Å². The summed E-state index contributed by atoms with van der Waals surface area (Å²) in [7, 11) is 0. The molecule has 0 spiro atoms. The number of nitriles is 1. The molecule has 0 aliphatic carbocycles. The van der Waals surface area contributed by atoms with Gasteiger partial charge in [0.25, 0.3) is 5.56 Å². The topological polar surface area (TPSA) is 56.6 Å². The molecular formula is C15H8F6N2O. The van der Waals surface area contributed by atoms with Crippen molar-refractivity contribution in [3.8, 4) is 17.2 Å². The summed E-state index contributed by atoms with van der Waals surface area (Å²) in [5, 5.41) is 9.00. The zero-order valence-corrected chi connectivity index (χ0v) is 11.9. The molecular weight excluding hydrogens is 338 g/mol. The SMILES string of the molecule is Cc1cc(-c2ccc(C(F)(F)F)cc2C(F)(F)F)c(C#N)c(=O)[nH]1. The molecule has 1 aromatic carbocycles. The lowest BCUT2D eigenvalue weighted by atomic mass is 9.94. The van der Waals surface area contributed by atoms with Gasteiger partial charge >= 0.3 is 12.4 Å². The second-order valence-corrected chi connectivity index (χ2v) is 4.94. The van der Waals surface area contributed by atoms with E-state index in [1.54, 1.807) is 0 Å². The molecule has 3 nitrogen and oxygen atoms in total. The largest absolute Gasteiger partial charge is 0.417 e. The summed E-state index contributed by atoms with van der Waals surface area (Å²) in [6, 6.07) is 3.64. The monoisotopic (exact) mass is 346 g/mol. The summed E-state index contributed by atoms with van der Waals surface area (Å²) in [5.74, 6) is 0. The molecule has 0 saturated carbocycles. The first kappa shape index (κ1) is 17.6. The van der Waals surface area contributed by atoms with Gasteiger partial charge in [-0.3, -0.25) is 4.79 Å². The van der Waals surface area contributed by atoms with Crippen LogP contribution in [0.25, 0.3) is 11.1 Å². The summed E-state index contributed by atoms with van der Waals surface area (Å²) < 4.78 is 77.7. The number of aromatic amines is 1. The van der Waals surface area contributed by atoms with E-state index >= 15 is 0 Å². The second-order valence-electron chi connectivity index (χ2n) is 4.94. The van der Waals surface area contributed by atoms with Gasteiger partial charge in [-0.1, -0.05) is 6.07 Å². The van der Waals surface area contributed by atoms with Crippen LogP contribution in [0.15, 0.2) is 29.1 Å². The number of rotatable bonds is 1. The fraction of sp³-hybridized carbons (Fsp3) is 0.200. The molecule has 1 aromatic heterocycles. The summed E-state index contributed by atoms with van der Waals surface area (Å²) in [6.07, 6.45) is -10.1. The minimum atomic E-state index is -5.10. The zero-order chi connectivity index (χ0) is 18.3. The van der Waals surface area contributed by atoms with Gasteiger partial charge in [0.2, 0.25) is 0 Å². The van der Waals surface area contributed by atoms with Crippen LogP contribution in [0.2, 0.25) is 0 Å². The summed E-state index contributed by atoms with van der Waals surface area (Å²) in [4.78, 5) is 14.0. The summed E-state index contributed by atoms with van der Waals surface area (Å²) in [5.41, 5.74) is -5.44. The molecule has 0 atom stereocenters. The van der Waals surface area contributed by atoms with Crippen LogP contribution >= 0.6 is 0 Å². The number of nitrogens with zero attached hydrogens (tertiary/aromatic N) is 1.